The van der Waals surface area contributed by atoms with Crippen LogP contribution in [-0.2, 0) is 0 Å². The molecule has 0 aliphatic rings. The highest BCUT2D eigenvalue weighted by molar-refractivity contribution is 6.17. The van der Waals surface area contributed by atoms with Crippen molar-refractivity contribution in [2.45, 2.75) is 0 Å². The van der Waals surface area contributed by atoms with Crippen LogP contribution < -0.4 is 0 Å². The molecule has 3 aromatic heterocycles. The van der Waals surface area contributed by atoms with Crippen LogP contribution >= 0.6 is 0 Å². The molecule has 0 saturated heterocycles. The lowest BCUT2D eigenvalue weighted by Crippen LogP contribution is -2.01. The molecule has 0 unspecified atom stereocenters. The first-order valence-corrected chi connectivity index (χ1v) is 18.3. The van der Waals surface area contributed by atoms with E-state index in [1.54, 1.807) is 0 Å². The number of para-hydroxylation sites is 5. The second-order valence-corrected chi connectivity index (χ2v) is 13.9. The third-order valence-corrected chi connectivity index (χ3v) is 11.1. The second-order valence-electron chi connectivity index (χ2n) is 13.9. The van der Waals surface area contributed by atoms with E-state index in [1.807, 2.05) is 42.5 Å². The topological polar surface area (TPSA) is 62.4 Å². The predicted octanol–water partition coefficient (Wildman–Crippen LogP) is 12.4. The Bertz CT molecular complexity index is 3420. The summed E-state index contributed by atoms with van der Waals surface area (Å²) in [6.07, 6.45) is 0. The standard InChI is InChI=1S/C50H29N5/c51-30-33-14-11-26-45-48(33)39-19-3-8-25-44(39)55(45)50-34(31-52)15-10-21-36(50)32-13-9-16-35(29-32)53-43-24-7-4-20-40(43)49-46(53)27-12-28-47(49)54-41-22-5-1-17-37(41)38-18-2-6-23-42(38)54/h1-29H. The normalized spacial score (nSPS) is 11.6. The third kappa shape index (κ3) is 4.33. The average Bonchev–Trinajstić information content (AvgIpc) is 3.89. The quantitative estimate of drug-likeness (QED) is 0.184. The molecule has 5 nitrogen and oxygen atoms in total. The van der Waals surface area contributed by atoms with E-state index in [0.717, 1.165) is 61.0 Å². The first-order chi connectivity index (χ1) is 27.2. The fraction of sp³-hybridized carbons (Fsp3) is 0. The van der Waals surface area contributed by atoms with Crippen molar-refractivity contribution in [1.29, 1.82) is 10.5 Å². The summed E-state index contributed by atoms with van der Waals surface area (Å²) in [7, 11) is 0. The van der Waals surface area contributed by atoms with Gasteiger partial charge in [0, 0.05) is 43.6 Å². The van der Waals surface area contributed by atoms with Crippen molar-refractivity contribution in [1.82, 2.24) is 13.7 Å². The molecule has 11 aromatic rings. The van der Waals surface area contributed by atoms with Gasteiger partial charge in [0.2, 0.25) is 0 Å². The van der Waals surface area contributed by atoms with Crippen LogP contribution in [0, 0.1) is 22.7 Å². The van der Waals surface area contributed by atoms with E-state index in [-0.39, 0.29) is 0 Å². The molecule has 0 aliphatic carbocycles. The molecule has 0 aliphatic heterocycles. The molecule has 3 heterocycles. The van der Waals surface area contributed by atoms with Gasteiger partial charge in [-0.25, -0.2) is 0 Å². The van der Waals surface area contributed by atoms with E-state index in [1.165, 1.54) is 32.6 Å². The zero-order valence-electron chi connectivity index (χ0n) is 29.5. The van der Waals surface area contributed by atoms with E-state index in [4.69, 9.17) is 0 Å². The number of benzene rings is 8. The van der Waals surface area contributed by atoms with E-state index in [2.05, 4.69) is 159 Å². The van der Waals surface area contributed by atoms with E-state index in [9.17, 15) is 10.5 Å². The number of nitriles is 2. The summed E-state index contributed by atoms with van der Waals surface area (Å²) < 4.78 is 6.92. The van der Waals surface area contributed by atoms with Crippen LogP contribution in [0.4, 0.5) is 0 Å². The zero-order chi connectivity index (χ0) is 36.6. The highest BCUT2D eigenvalue weighted by Crippen LogP contribution is 2.42. The number of fused-ring (bicyclic) bond motifs is 9. The Morgan fingerprint density at radius 1 is 0.364 bits per heavy atom. The summed E-state index contributed by atoms with van der Waals surface area (Å²) >= 11 is 0. The smallest absolute Gasteiger partial charge is 0.101 e. The maximum Gasteiger partial charge on any atom is 0.101 e. The lowest BCUT2D eigenvalue weighted by molar-refractivity contribution is 1.16. The van der Waals surface area contributed by atoms with Crippen LogP contribution in [-0.4, -0.2) is 13.7 Å². The van der Waals surface area contributed by atoms with Crippen LogP contribution in [0.2, 0.25) is 0 Å². The Kier molecular flexibility index (Phi) is 6.61. The van der Waals surface area contributed by atoms with Crippen molar-refractivity contribution >= 4 is 65.4 Å². The first kappa shape index (κ1) is 30.7. The Labute approximate surface area is 316 Å². The predicted molar refractivity (Wildman–Crippen MR) is 224 cm³/mol. The SMILES string of the molecule is N#Cc1cccc(-c2cccc(-n3c4ccccc4c4c(-n5c6ccccc6c6ccccc65)cccc43)c2)c1-n1c2ccccc2c2c(C#N)cccc21. The van der Waals surface area contributed by atoms with Gasteiger partial charge in [0.1, 0.15) is 6.07 Å². The molecule has 0 saturated carbocycles. The summed E-state index contributed by atoms with van der Waals surface area (Å²) in [5.41, 5.74) is 12.4. The van der Waals surface area contributed by atoms with E-state index >= 15 is 0 Å². The fourth-order valence-electron chi connectivity index (χ4n) is 8.92. The molecule has 0 spiro atoms. The molecule has 0 atom stereocenters. The van der Waals surface area contributed by atoms with Crippen molar-refractivity contribution in [3.05, 3.63) is 187 Å². The lowest BCUT2D eigenvalue weighted by atomic mass is 9.99. The van der Waals surface area contributed by atoms with Crippen LogP contribution in [0.25, 0.3) is 93.6 Å². The molecule has 0 bridgehead atoms. The lowest BCUT2D eigenvalue weighted by Gasteiger charge is -2.17. The van der Waals surface area contributed by atoms with Gasteiger partial charge in [-0.3, -0.25) is 0 Å². The van der Waals surface area contributed by atoms with E-state index in [0.29, 0.717) is 11.1 Å². The van der Waals surface area contributed by atoms with Crippen LogP contribution in [0.1, 0.15) is 11.1 Å². The molecule has 0 N–H and O–H groups in total. The molecular weight excluding hydrogens is 671 g/mol. The van der Waals surface area contributed by atoms with Crippen molar-refractivity contribution in [2.75, 3.05) is 0 Å². The van der Waals surface area contributed by atoms with Crippen LogP contribution in [0.5, 0.6) is 0 Å². The fourth-order valence-corrected chi connectivity index (χ4v) is 8.92. The van der Waals surface area contributed by atoms with Gasteiger partial charge in [0.25, 0.3) is 0 Å². The zero-order valence-corrected chi connectivity index (χ0v) is 29.5. The molecule has 0 radical (unpaired) electrons. The van der Waals surface area contributed by atoms with Gasteiger partial charge in [-0.2, -0.15) is 10.5 Å². The minimum absolute atomic E-state index is 0.556. The summed E-state index contributed by atoms with van der Waals surface area (Å²) in [4.78, 5) is 0. The molecule has 5 heteroatoms. The minimum Gasteiger partial charge on any atom is -0.309 e. The van der Waals surface area contributed by atoms with Gasteiger partial charge < -0.3 is 13.7 Å². The molecule has 55 heavy (non-hydrogen) atoms. The summed E-state index contributed by atoms with van der Waals surface area (Å²) in [6.45, 7) is 0. The summed E-state index contributed by atoms with van der Waals surface area (Å²) in [5.74, 6) is 0. The van der Waals surface area contributed by atoms with Gasteiger partial charge in [-0.15, -0.1) is 0 Å². The largest absolute Gasteiger partial charge is 0.309 e. The monoisotopic (exact) mass is 699 g/mol. The molecule has 0 amide bonds. The second kappa shape index (κ2) is 11.8. The number of hydrogen-bond donors (Lipinski definition) is 0. The highest BCUT2D eigenvalue weighted by Gasteiger charge is 2.22. The van der Waals surface area contributed by atoms with Crippen molar-refractivity contribution in [3.63, 3.8) is 0 Å². The number of hydrogen-bond acceptors (Lipinski definition) is 2. The van der Waals surface area contributed by atoms with Crippen molar-refractivity contribution in [3.8, 4) is 40.3 Å². The Morgan fingerprint density at radius 2 is 0.855 bits per heavy atom. The third-order valence-electron chi connectivity index (χ3n) is 11.1. The van der Waals surface area contributed by atoms with Gasteiger partial charge in [0.15, 0.2) is 0 Å². The molecule has 8 aromatic carbocycles. The Hall–Kier alpha value is -7.86. The van der Waals surface area contributed by atoms with Gasteiger partial charge in [0.05, 0.1) is 61.7 Å². The van der Waals surface area contributed by atoms with Gasteiger partial charge in [-0.1, -0.05) is 109 Å². The maximum atomic E-state index is 10.6. The van der Waals surface area contributed by atoms with Crippen molar-refractivity contribution < 1.29 is 0 Å². The molecular formula is C50H29N5. The average molecular weight is 700 g/mol. The van der Waals surface area contributed by atoms with E-state index < -0.39 is 0 Å². The summed E-state index contributed by atoms with van der Waals surface area (Å²) in [6, 6.07) is 65.9. The minimum atomic E-state index is 0.556. The first-order valence-electron chi connectivity index (χ1n) is 18.3. The van der Waals surface area contributed by atoms with Gasteiger partial charge >= 0.3 is 0 Å². The van der Waals surface area contributed by atoms with Gasteiger partial charge in [-0.05, 0) is 72.3 Å². The Morgan fingerprint density at radius 3 is 1.53 bits per heavy atom. The molecule has 254 valence electrons. The maximum absolute atomic E-state index is 10.6. The number of nitrogens with zero attached hydrogens (tertiary/aromatic N) is 5. The molecule has 11 rings (SSSR count). The number of rotatable bonds is 4. The number of aromatic nitrogens is 3. The van der Waals surface area contributed by atoms with Crippen LogP contribution in [0.15, 0.2) is 176 Å². The Balaban J connectivity index is 1.18. The van der Waals surface area contributed by atoms with Crippen molar-refractivity contribution in [2.24, 2.45) is 0 Å². The van der Waals surface area contributed by atoms with Crippen LogP contribution in [0.3, 0.4) is 0 Å². The highest BCUT2D eigenvalue weighted by atomic mass is 15.0. The summed E-state index contributed by atoms with van der Waals surface area (Å²) in [5, 5.41) is 27.4. The molecule has 0 fully saturated rings.